The summed E-state index contributed by atoms with van der Waals surface area (Å²) in [4.78, 5) is 41.1. The number of nitro groups is 1. The molecule has 10 heteroatoms. The average Bonchev–Trinajstić information content (AvgIpc) is 3.33. The Hall–Kier alpha value is -4.63. The highest BCUT2D eigenvalue weighted by Crippen LogP contribution is 2.34. The number of nitrogens with zero attached hydrogens (tertiary/aromatic N) is 4. The van der Waals surface area contributed by atoms with Crippen molar-refractivity contribution in [1.82, 2.24) is 14.4 Å². The maximum Gasteiger partial charge on any atom is 0.273 e. The third-order valence-electron chi connectivity index (χ3n) is 7.46. The smallest absolute Gasteiger partial charge is 0.273 e. The Kier molecular flexibility index (Phi) is 7.81. The second-order valence-electron chi connectivity index (χ2n) is 9.89. The number of aryl methyl sites for hydroxylation is 1. The van der Waals surface area contributed by atoms with E-state index < -0.39 is 4.92 Å². The summed E-state index contributed by atoms with van der Waals surface area (Å²) in [5, 5.41) is 11.9. The normalized spacial score (nSPS) is 13.3. The molecule has 9 nitrogen and oxygen atoms in total. The van der Waals surface area contributed by atoms with Crippen molar-refractivity contribution in [3.8, 4) is 22.7 Å². The first kappa shape index (κ1) is 27.9. The summed E-state index contributed by atoms with van der Waals surface area (Å²) in [7, 11) is 1.61. The van der Waals surface area contributed by atoms with Crippen LogP contribution in [0.3, 0.4) is 0 Å². The van der Waals surface area contributed by atoms with Crippen LogP contribution >= 0.6 is 11.6 Å². The summed E-state index contributed by atoms with van der Waals surface area (Å²) in [6.07, 6.45) is 0. The first-order chi connectivity index (χ1) is 19.7. The minimum absolute atomic E-state index is 0.0872. The Morgan fingerprint density at radius 3 is 2.12 bits per heavy atom. The lowest BCUT2D eigenvalue weighted by Crippen LogP contribution is -2.50. The molecule has 1 fully saturated rings. The maximum absolute atomic E-state index is 13.8. The molecule has 1 aliphatic heterocycles. The molecule has 0 unspecified atom stereocenters. The predicted octanol–water partition coefficient (Wildman–Crippen LogP) is 5.93. The highest BCUT2D eigenvalue weighted by Gasteiger charge is 2.29. The zero-order valence-electron chi connectivity index (χ0n) is 23.0. The molecule has 41 heavy (non-hydrogen) atoms. The number of hydrogen-bond donors (Lipinski definition) is 0. The van der Waals surface area contributed by atoms with E-state index in [9.17, 15) is 19.7 Å². The standard InChI is InChI=1S/C31H29ClN4O5/c1-20-8-9-23(18-28(20)36(39)40)30(37)33-14-16-34(17-15-33)31(38)25-19-29(22-10-12-24(41-3)13-11-22)35(21(25)2)27-7-5-4-6-26(27)32/h4-13,18-19H,14-17H2,1-3H3. The van der Waals surface area contributed by atoms with Gasteiger partial charge in [0, 0.05) is 49.1 Å². The number of hydrogen-bond acceptors (Lipinski definition) is 5. The van der Waals surface area contributed by atoms with E-state index in [1.165, 1.54) is 6.07 Å². The van der Waals surface area contributed by atoms with Crippen molar-refractivity contribution in [3.63, 3.8) is 0 Å². The monoisotopic (exact) mass is 572 g/mol. The van der Waals surface area contributed by atoms with E-state index in [-0.39, 0.29) is 23.1 Å². The highest BCUT2D eigenvalue weighted by molar-refractivity contribution is 6.32. The quantitative estimate of drug-likeness (QED) is 0.211. The highest BCUT2D eigenvalue weighted by atomic mass is 35.5. The molecule has 2 amide bonds. The van der Waals surface area contributed by atoms with Crippen LogP contribution in [0.1, 0.15) is 32.0 Å². The van der Waals surface area contributed by atoms with Crippen molar-refractivity contribution in [2.75, 3.05) is 33.3 Å². The van der Waals surface area contributed by atoms with Crippen LogP contribution in [-0.4, -0.2) is 64.4 Å². The summed E-state index contributed by atoms with van der Waals surface area (Å²) in [5.41, 5.74) is 4.44. The first-order valence-electron chi connectivity index (χ1n) is 13.1. The lowest BCUT2D eigenvalue weighted by Gasteiger charge is -2.34. The van der Waals surface area contributed by atoms with Crippen molar-refractivity contribution in [2.45, 2.75) is 13.8 Å². The molecule has 0 spiro atoms. The van der Waals surface area contributed by atoms with E-state index in [1.807, 2.05) is 66.1 Å². The molecular weight excluding hydrogens is 544 g/mol. The third-order valence-corrected chi connectivity index (χ3v) is 7.78. The van der Waals surface area contributed by atoms with Crippen molar-refractivity contribution in [2.24, 2.45) is 0 Å². The van der Waals surface area contributed by atoms with Gasteiger partial charge in [-0.1, -0.05) is 29.8 Å². The average molecular weight is 573 g/mol. The first-order valence-corrected chi connectivity index (χ1v) is 13.5. The van der Waals surface area contributed by atoms with Crippen LogP contribution in [0.4, 0.5) is 5.69 Å². The molecule has 0 atom stereocenters. The summed E-state index contributed by atoms with van der Waals surface area (Å²) >= 11 is 6.60. The number of rotatable bonds is 6. The number of nitro benzene ring substituents is 1. The van der Waals surface area contributed by atoms with E-state index in [0.29, 0.717) is 42.3 Å². The van der Waals surface area contributed by atoms with Gasteiger partial charge in [-0.2, -0.15) is 0 Å². The minimum Gasteiger partial charge on any atom is -0.497 e. The Morgan fingerprint density at radius 2 is 1.51 bits per heavy atom. The topological polar surface area (TPSA) is 97.9 Å². The SMILES string of the molecule is COc1ccc(-c2cc(C(=O)N3CCN(C(=O)c4ccc(C)c([N+](=O)[O-])c4)CC3)c(C)n2-c2ccccc2Cl)cc1. The Labute approximate surface area is 242 Å². The Balaban J connectivity index is 1.40. The van der Waals surface area contributed by atoms with Crippen molar-refractivity contribution in [3.05, 3.63) is 110 Å². The van der Waals surface area contributed by atoms with Gasteiger partial charge < -0.3 is 19.1 Å². The van der Waals surface area contributed by atoms with E-state index in [4.69, 9.17) is 16.3 Å². The number of benzene rings is 3. The van der Waals surface area contributed by atoms with Gasteiger partial charge in [-0.15, -0.1) is 0 Å². The minimum atomic E-state index is -0.486. The van der Waals surface area contributed by atoms with Gasteiger partial charge in [0.1, 0.15) is 5.75 Å². The maximum atomic E-state index is 13.8. The van der Waals surface area contributed by atoms with E-state index in [1.54, 1.807) is 36.0 Å². The fourth-order valence-electron chi connectivity index (χ4n) is 5.15. The van der Waals surface area contributed by atoms with Crippen LogP contribution in [0.5, 0.6) is 5.75 Å². The predicted molar refractivity (Wildman–Crippen MR) is 157 cm³/mol. The van der Waals surface area contributed by atoms with Gasteiger partial charge in [0.05, 0.1) is 34.0 Å². The van der Waals surface area contributed by atoms with Gasteiger partial charge >= 0.3 is 0 Å². The number of halogens is 1. The molecule has 0 saturated carbocycles. The van der Waals surface area contributed by atoms with Crippen molar-refractivity contribution in [1.29, 1.82) is 0 Å². The van der Waals surface area contributed by atoms with Crippen LogP contribution in [-0.2, 0) is 0 Å². The molecule has 0 bridgehead atoms. The zero-order chi connectivity index (χ0) is 29.3. The third kappa shape index (κ3) is 5.40. The molecule has 1 aliphatic rings. The summed E-state index contributed by atoms with van der Waals surface area (Å²) in [6, 6.07) is 21.5. The number of para-hydroxylation sites is 1. The summed E-state index contributed by atoms with van der Waals surface area (Å²) in [5.74, 6) is 0.300. The molecule has 2 heterocycles. The van der Waals surface area contributed by atoms with Gasteiger partial charge in [-0.05, 0) is 67.9 Å². The van der Waals surface area contributed by atoms with E-state index in [0.717, 1.165) is 28.4 Å². The summed E-state index contributed by atoms with van der Waals surface area (Å²) in [6.45, 7) is 4.86. The molecule has 5 rings (SSSR count). The number of carbonyl (C=O) groups is 2. The van der Waals surface area contributed by atoms with Crippen LogP contribution in [0.2, 0.25) is 5.02 Å². The second kappa shape index (κ2) is 11.5. The van der Waals surface area contributed by atoms with E-state index >= 15 is 0 Å². The van der Waals surface area contributed by atoms with Crippen LogP contribution in [0.15, 0.2) is 72.8 Å². The van der Waals surface area contributed by atoms with Gasteiger partial charge in [0.2, 0.25) is 0 Å². The second-order valence-corrected chi connectivity index (χ2v) is 10.3. The lowest BCUT2D eigenvalue weighted by atomic mass is 10.1. The fraction of sp³-hybridized carbons (Fsp3) is 0.226. The molecule has 210 valence electrons. The van der Waals surface area contributed by atoms with Gasteiger partial charge in [-0.3, -0.25) is 19.7 Å². The number of ether oxygens (including phenoxy) is 1. The number of aromatic nitrogens is 1. The van der Waals surface area contributed by atoms with Crippen molar-refractivity contribution < 1.29 is 19.2 Å². The largest absolute Gasteiger partial charge is 0.497 e. The van der Waals surface area contributed by atoms with Gasteiger partial charge in [0.25, 0.3) is 17.5 Å². The molecule has 1 aromatic heterocycles. The Morgan fingerprint density at radius 1 is 0.878 bits per heavy atom. The van der Waals surface area contributed by atoms with E-state index in [2.05, 4.69) is 0 Å². The fourth-order valence-corrected chi connectivity index (χ4v) is 5.37. The number of amides is 2. The van der Waals surface area contributed by atoms with Crippen LogP contribution in [0, 0.1) is 24.0 Å². The number of methoxy groups -OCH3 is 1. The van der Waals surface area contributed by atoms with Gasteiger partial charge in [-0.25, -0.2) is 0 Å². The van der Waals surface area contributed by atoms with Crippen LogP contribution in [0.25, 0.3) is 16.9 Å². The molecule has 0 N–H and O–H groups in total. The van der Waals surface area contributed by atoms with Gasteiger partial charge in [0.15, 0.2) is 0 Å². The van der Waals surface area contributed by atoms with Crippen LogP contribution < -0.4 is 4.74 Å². The lowest BCUT2D eigenvalue weighted by molar-refractivity contribution is -0.385. The van der Waals surface area contributed by atoms with Crippen molar-refractivity contribution >= 4 is 29.1 Å². The number of carbonyl (C=O) groups excluding carboxylic acids is 2. The summed E-state index contributed by atoms with van der Waals surface area (Å²) < 4.78 is 7.30. The molecule has 3 aromatic carbocycles. The number of piperazine rings is 1. The molecule has 1 saturated heterocycles. The molecular formula is C31H29ClN4O5. The molecule has 4 aromatic rings. The zero-order valence-corrected chi connectivity index (χ0v) is 23.7. The molecule has 0 aliphatic carbocycles. The molecule has 0 radical (unpaired) electrons. The Bertz CT molecular complexity index is 1640.